The van der Waals surface area contributed by atoms with Crippen molar-refractivity contribution in [1.82, 2.24) is 0 Å². The Bertz CT molecular complexity index is 462. The second-order valence-corrected chi connectivity index (χ2v) is 3.92. The molecule has 1 amide bonds. The van der Waals surface area contributed by atoms with Crippen LogP contribution in [0.25, 0.3) is 0 Å². The van der Waals surface area contributed by atoms with E-state index < -0.39 is 11.8 Å². The molecule has 5 nitrogen and oxygen atoms in total. The molecule has 0 bridgehead atoms. The number of anilines is 1. The monoisotopic (exact) mass is 269 g/mol. The molecule has 6 heteroatoms. The van der Waals surface area contributed by atoms with Gasteiger partial charge in [0.2, 0.25) is 5.91 Å². The Labute approximate surface area is 110 Å². The summed E-state index contributed by atoms with van der Waals surface area (Å²) < 4.78 is 17.8. The fourth-order valence-corrected chi connectivity index (χ4v) is 1.49. The van der Waals surface area contributed by atoms with Crippen molar-refractivity contribution < 1.29 is 23.8 Å². The Morgan fingerprint density at radius 1 is 1.37 bits per heavy atom. The molecular formula is C13H16FNO4. The number of esters is 1. The molecule has 0 radical (unpaired) electrons. The van der Waals surface area contributed by atoms with Crippen LogP contribution < -0.4 is 5.32 Å². The molecule has 0 unspecified atom stereocenters. The van der Waals surface area contributed by atoms with Gasteiger partial charge < -0.3 is 15.2 Å². The maximum absolute atomic E-state index is 13.4. The van der Waals surface area contributed by atoms with Gasteiger partial charge in [-0.25, -0.2) is 9.18 Å². The van der Waals surface area contributed by atoms with Crippen molar-refractivity contribution in [3.05, 3.63) is 29.6 Å². The van der Waals surface area contributed by atoms with E-state index in [1.807, 2.05) is 0 Å². The predicted octanol–water partition coefficient (Wildman–Crippen LogP) is 1.71. The van der Waals surface area contributed by atoms with Gasteiger partial charge in [-0.2, -0.15) is 0 Å². The van der Waals surface area contributed by atoms with Crippen LogP contribution in [0.5, 0.6) is 0 Å². The number of halogens is 1. The minimum atomic E-state index is -0.797. The molecule has 0 atom stereocenters. The molecule has 0 aliphatic carbocycles. The highest BCUT2D eigenvalue weighted by Gasteiger charge is 2.13. The van der Waals surface area contributed by atoms with Crippen molar-refractivity contribution in [2.24, 2.45) is 0 Å². The minimum Gasteiger partial charge on any atom is -0.465 e. The average Bonchev–Trinajstić information content (AvgIpc) is 2.40. The van der Waals surface area contributed by atoms with Gasteiger partial charge in [0.25, 0.3) is 0 Å². The summed E-state index contributed by atoms with van der Waals surface area (Å²) in [7, 11) is 1.15. The van der Waals surface area contributed by atoms with Crippen molar-refractivity contribution >= 4 is 17.6 Å². The number of benzene rings is 1. The molecule has 0 spiro atoms. The number of amides is 1. The SMILES string of the molecule is COC(=O)c1cc(NC(=O)CCCCO)ccc1F. The largest absolute Gasteiger partial charge is 0.465 e. The van der Waals surface area contributed by atoms with Gasteiger partial charge in [-0.15, -0.1) is 0 Å². The summed E-state index contributed by atoms with van der Waals surface area (Å²) in [5.41, 5.74) is 0.103. The molecule has 104 valence electrons. The number of hydrogen-bond donors (Lipinski definition) is 2. The molecular weight excluding hydrogens is 253 g/mol. The molecule has 0 heterocycles. The first kappa shape index (κ1) is 15.1. The van der Waals surface area contributed by atoms with Crippen LogP contribution >= 0.6 is 0 Å². The molecule has 19 heavy (non-hydrogen) atoms. The van der Waals surface area contributed by atoms with E-state index in [4.69, 9.17) is 5.11 Å². The Balaban J connectivity index is 2.69. The van der Waals surface area contributed by atoms with E-state index in [-0.39, 0.29) is 24.5 Å². The van der Waals surface area contributed by atoms with E-state index in [9.17, 15) is 14.0 Å². The minimum absolute atomic E-state index is 0.0380. The lowest BCUT2D eigenvalue weighted by atomic mass is 10.1. The number of methoxy groups -OCH3 is 1. The first-order chi connectivity index (χ1) is 9.08. The lowest BCUT2D eigenvalue weighted by molar-refractivity contribution is -0.116. The van der Waals surface area contributed by atoms with Crippen molar-refractivity contribution in [3.8, 4) is 0 Å². The zero-order valence-corrected chi connectivity index (χ0v) is 10.6. The number of aliphatic hydroxyl groups excluding tert-OH is 1. The van der Waals surface area contributed by atoms with Crippen LogP contribution in [0.1, 0.15) is 29.6 Å². The third-order valence-electron chi connectivity index (χ3n) is 2.47. The number of ether oxygens (including phenoxy) is 1. The van der Waals surface area contributed by atoms with E-state index in [2.05, 4.69) is 10.1 Å². The molecule has 0 saturated heterocycles. The summed E-state index contributed by atoms with van der Waals surface area (Å²) in [6.45, 7) is 0.0380. The van der Waals surface area contributed by atoms with Crippen LogP contribution in [-0.4, -0.2) is 30.7 Å². The van der Waals surface area contributed by atoms with Crippen LogP contribution in [0, 0.1) is 5.82 Å². The number of rotatable bonds is 6. The molecule has 0 saturated carbocycles. The highest BCUT2D eigenvalue weighted by Crippen LogP contribution is 2.16. The number of unbranched alkanes of at least 4 members (excludes halogenated alkanes) is 1. The van der Waals surface area contributed by atoms with Crippen LogP contribution in [0.4, 0.5) is 10.1 Å². The Morgan fingerprint density at radius 3 is 2.74 bits per heavy atom. The Morgan fingerprint density at radius 2 is 2.11 bits per heavy atom. The molecule has 0 aliphatic heterocycles. The molecule has 2 N–H and O–H groups in total. The first-order valence-electron chi connectivity index (χ1n) is 5.87. The topological polar surface area (TPSA) is 75.6 Å². The van der Waals surface area contributed by atoms with E-state index >= 15 is 0 Å². The number of carbonyl (C=O) groups is 2. The molecule has 0 fully saturated rings. The van der Waals surface area contributed by atoms with Crippen LogP contribution in [0.2, 0.25) is 0 Å². The summed E-state index contributed by atoms with van der Waals surface area (Å²) in [6.07, 6.45) is 1.36. The number of aliphatic hydroxyl groups is 1. The number of carbonyl (C=O) groups excluding carboxylic acids is 2. The second-order valence-electron chi connectivity index (χ2n) is 3.92. The van der Waals surface area contributed by atoms with Gasteiger partial charge in [0.15, 0.2) is 0 Å². The number of nitrogens with one attached hydrogen (secondary N) is 1. The lowest BCUT2D eigenvalue weighted by Crippen LogP contribution is -2.13. The molecule has 0 aromatic heterocycles. The zero-order chi connectivity index (χ0) is 14.3. The summed E-state index contributed by atoms with van der Waals surface area (Å²) in [5, 5.41) is 11.2. The van der Waals surface area contributed by atoms with Crippen molar-refractivity contribution in [2.75, 3.05) is 19.0 Å². The fourth-order valence-electron chi connectivity index (χ4n) is 1.49. The van der Waals surface area contributed by atoms with Crippen molar-refractivity contribution in [3.63, 3.8) is 0 Å². The van der Waals surface area contributed by atoms with Crippen LogP contribution in [0.15, 0.2) is 18.2 Å². The van der Waals surface area contributed by atoms with Crippen LogP contribution in [-0.2, 0) is 9.53 Å². The number of hydrogen-bond acceptors (Lipinski definition) is 4. The van der Waals surface area contributed by atoms with E-state index in [1.54, 1.807) is 0 Å². The highest BCUT2D eigenvalue weighted by atomic mass is 19.1. The van der Waals surface area contributed by atoms with E-state index in [0.717, 1.165) is 13.2 Å². The molecule has 1 aromatic carbocycles. The quantitative estimate of drug-likeness (QED) is 0.609. The summed E-state index contributed by atoms with van der Waals surface area (Å²) in [4.78, 5) is 22.8. The predicted molar refractivity (Wildman–Crippen MR) is 67.3 cm³/mol. The zero-order valence-electron chi connectivity index (χ0n) is 10.6. The average molecular weight is 269 g/mol. The second kappa shape index (κ2) is 7.48. The summed E-state index contributed by atoms with van der Waals surface area (Å²) >= 11 is 0. The van der Waals surface area contributed by atoms with Crippen molar-refractivity contribution in [1.29, 1.82) is 0 Å². The van der Waals surface area contributed by atoms with Crippen LogP contribution in [0.3, 0.4) is 0 Å². The third-order valence-corrected chi connectivity index (χ3v) is 2.47. The summed E-state index contributed by atoms with van der Waals surface area (Å²) in [5.74, 6) is -1.75. The van der Waals surface area contributed by atoms with Gasteiger partial charge in [-0.05, 0) is 31.0 Å². The van der Waals surface area contributed by atoms with Gasteiger partial charge in [-0.1, -0.05) is 0 Å². The van der Waals surface area contributed by atoms with Gasteiger partial charge in [0, 0.05) is 18.7 Å². The Hall–Kier alpha value is -1.95. The van der Waals surface area contributed by atoms with E-state index in [1.165, 1.54) is 12.1 Å². The normalized spacial score (nSPS) is 10.1. The first-order valence-corrected chi connectivity index (χ1v) is 5.87. The highest BCUT2D eigenvalue weighted by molar-refractivity contribution is 5.94. The molecule has 1 rings (SSSR count). The Kier molecular flexibility index (Phi) is 5.95. The lowest BCUT2D eigenvalue weighted by Gasteiger charge is -2.07. The fraction of sp³-hybridized carbons (Fsp3) is 0.385. The van der Waals surface area contributed by atoms with Gasteiger partial charge >= 0.3 is 5.97 Å². The standard InChI is InChI=1S/C13H16FNO4/c1-19-13(18)10-8-9(5-6-11(10)14)15-12(17)4-2-3-7-16/h5-6,8,16H,2-4,7H2,1H3,(H,15,17). The molecule has 1 aromatic rings. The maximum atomic E-state index is 13.4. The van der Waals surface area contributed by atoms with E-state index in [0.29, 0.717) is 18.5 Å². The van der Waals surface area contributed by atoms with Gasteiger partial charge in [-0.3, -0.25) is 4.79 Å². The van der Waals surface area contributed by atoms with Gasteiger partial charge in [0.1, 0.15) is 5.82 Å². The van der Waals surface area contributed by atoms with Crippen molar-refractivity contribution in [2.45, 2.75) is 19.3 Å². The smallest absolute Gasteiger partial charge is 0.340 e. The molecule has 0 aliphatic rings. The maximum Gasteiger partial charge on any atom is 0.340 e. The summed E-state index contributed by atoms with van der Waals surface area (Å²) in [6, 6.07) is 3.69. The van der Waals surface area contributed by atoms with Gasteiger partial charge in [0.05, 0.1) is 12.7 Å². The third kappa shape index (κ3) is 4.67.